The van der Waals surface area contributed by atoms with Crippen LogP contribution in [0.2, 0.25) is 0 Å². The van der Waals surface area contributed by atoms with Gasteiger partial charge in [-0.15, -0.1) is 0 Å². The minimum absolute atomic E-state index is 0.284. The third kappa shape index (κ3) is 5.23. The molecule has 1 saturated heterocycles. The van der Waals surface area contributed by atoms with E-state index in [9.17, 15) is 4.39 Å². The number of piperidine rings is 1. The lowest BCUT2D eigenvalue weighted by Crippen LogP contribution is -2.38. The molecule has 1 aliphatic heterocycles. The van der Waals surface area contributed by atoms with Crippen molar-refractivity contribution < 1.29 is 9.13 Å². The fraction of sp³-hybridized carbons (Fsp3) is 0.241. The molecule has 0 saturated carbocycles. The number of nitrogens with zero attached hydrogens (tertiary/aromatic N) is 5. The Balaban J connectivity index is 1.35. The number of hydrogen-bond acceptors (Lipinski definition) is 8. The van der Waals surface area contributed by atoms with Crippen LogP contribution in [0.1, 0.15) is 18.4 Å². The van der Waals surface area contributed by atoms with E-state index in [2.05, 4.69) is 31.0 Å². The Hall–Kier alpha value is -4.57. The zero-order chi connectivity index (χ0) is 26.8. The van der Waals surface area contributed by atoms with Gasteiger partial charge in [-0.3, -0.25) is 4.68 Å². The molecule has 198 valence electrons. The molecule has 39 heavy (non-hydrogen) atoms. The molecule has 5 aromatic rings. The second-order valence-electron chi connectivity index (χ2n) is 9.64. The minimum atomic E-state index is -0.379. The van der Waals surface area contributed by atoms with Crippen molar-refractivity contribution in [2.45, 2.75) is 25.8 Å². The summed E-state index contributed by atoms with van der Waals surface area (Å²) < 4.78 is 23.1. The first-order valence-corrected chi connectivity index (χ1v) is 13.0. The van der Waals surface area contributed by atoms with Crippen molar-refractivity contribution in [2.24, 2.45) is 7.05 Å². The summed E-state index contributed by atoms with van der Waals surface area (Å²) in [6.45, 7) is 3.88. The number of nitrogens with one attached hydrogen (secondary N) is 3. The largest absolute Gasteiger partial charge is 0.437 e. The number of aromatic nitrogens is 5. The molecule has 0 bridgehead atoms. The van der Waals surface area contributed by atoms with E-state index in [0.29, 0.717) is 40.2 Å². The highest BCUT2D eigenvalue weighted by Gasteiger charge is 2.18. The number of rotatable bonds is 7. The molecule has 0 radical (unpaired) electrons. The second-order valence-corrected chi connectivity index (χ2v) is 9.64. The molecule has 0 spiro atoms. The van der Waals surface area contributed by atoms with Crippen molar-refractivity contribution >= 4 is 28.2 Å². The Morgan fingerprint density at radius 3 is 2.77 bits per heavy atom. The van der Waals surface area contributed by atoms with Gasteiger partial charge in [0.2, 0.25) is 11.8 Å². The fourth-order valence-corrected chi connectivity index (χ4v) is 4.83. The van der Waals surface area contributed by atoms with Crippen LogP contribution in [0.5, 0.6) is 11.6 Å². The van der Waals surface area contributed by atoms with Gasteiger partial charge in [0.25, 0.3) is 0 Å². The summed E-state index contributed by atoms with van der Waals surface area (Å²) in [6, 6.07) is 14.6. The van der Waals surface area contributed by atoms with Crippen molar-refractivity contribution in [3.8, 4) is 22.9 Å². The van der Waals surface area contributed by atoms with Gasteiger partial charge >= 0.3 is 0 Å². The number of halogens is 1. The highest BCUT2D eigenvalue weighted by Crippen LogP contribution is 2.40. The highest BCUT2D eigenvalue weighted by atomic mass is 19.1. The van der Waals surface area contributed by atoms with Gasteiger partial charge in [-0.05, 0) is 62.2 Å². The lowest BCUT2D eigenvalue weighted by molar-refractivity contribution is 0.466. The van der Waals surface area contributed by atoms with E-state index in [1.165, 1.54) is 6.07 Å². The summed E-state index contributed by atoms with van der Waals surface area (Å²) >= 11 is 0. The topological polar surface area (TPSA) is 102 Å². The number of anilines is 3. The molecule has 0 aliphatic carbocycles. The minimum Gasteiger partial charge on any atom is -0.437 e. The predicted octanol–water partition coefficient (Wildman–Crippen LogP) is 5.57. The van der Waals surface area contributed by atoms with E-state index < -0.39 is 0 Å². The van der Waals surface area contributed by atoms with Crippen LogP contribution in [-0.4, -0.2) is 43.9 Å². The van der Waals surface area contributed by atoms with E-state index in [1.54, 1.807) is 35.4 Å². The molecule has 0 amide bonds. The molecule has 1 atom stereocenters. The van der Waals surface area contributed by atoms with Gasteiger partial charge in [0, 0.05) is 55.1 Å². The molecule has 9 nitrogen and oxygen atoms in total. The zero-order valence-electron chi connectivity index (χ0n) is 21.8. The lowest BCUT2D eigenvalue weighted by atomic mass is 10.0. The molecule has 6 rings (SSSR count). The molecule has 4 heterocycles. The smallest absolute Gasteiger partial charge is 0.228 e. The Morgan fingerprint density at radius 1 is 1.05 bits per heavy atom. The normalized spacial score (nSPS) is 15.3. The number of ether oxygens (including phenoxy) is 1. The molecule has 1 fully saturated rings. The van der Waals surface area contributed by atoms with Crippen LogP contribution in [0.15, 0.2) is 67.1 Å². The van der Waals surface area contributed by atoms with Gasteiger partial charge in [-0.1, -0.05) is 12.1 Å². The van der Waals surface area contributed by atoms with Crippen LogP contribution in [0, 0.1) is 12.7 Å². The molecule has 1 aliphatic rings. The third-order valence-electron chi connectivity index (χ3n) is 6.80. The third-order valence-corrected chi connectivity index (χ3v) is 6.80. The van der Waals surface area contributed by atoms with Crippen LogP contribution >= 0.6 is 0 Å². The van der Waals surface area contributed by atoms with Gasteiger partial charge in [-0.2, -0.15) is 5.10 Å². The summed E-state index contributed by atoms with van der Waals surface area (Å²) in [5.41, 5.74) is 2.65. The van der Waals surface area contributed by atoms with Gasteiger partial charge in [0.05, 0.1) is 16.9 Å². The van der Waals surface area contributed by atoms with Crippen LogP contribution in [-0.2, 0) is 7.05 Å². The lowest BCUT2D eigenvalue weighted by Gasteiger charge is -2.23. The van der Waals surface area contributed by atoms with E-state index in [1.807, 2.05) is 44.3 Å². The monoisotopic (exact) mass is 524 g/mol. The van der Waals surface area contributed by atoms with Crippen molar-refractivity contribution in [1.29, 1.82) is 0 Å². The standard InChI is InChI=1S/C29H29FN8O/c1-18-7-8-20-21(9-10-23(30)26(20)36-25-12-16-38(2)37-25)27(18)39-28-22(6-4-14-32-28)24-11-15-33-29(35-24)34-19-5-3-13-31-17-19/h4,6-12,14-16,19,31H,3,5,13,17H2,1-2H3,(H,36,37)(H,33,34,35). The van der Waals surface area contributed by atoms with Crippen molar-refractivity contribution in [2.75, 3.05) is 23.7 Å². The number of fused-ring (bicyclic) bond motifs is 1. The first-order valence-electron chi connectivity index (χ1n) is 13.0. The average Bonchev–Trinajstić information content (AvgIpc) is 3.37. The molecular formula is C29H29FN8O. The highest BCUT2D eigenvalue weighted by molar-refractivity contribution is 6.00. The summed E-state index contributed by atoms with van der Waals surface area (Å²) in [4.78, 5) is 13.7. The predicted molar refractivity (Wildman–Crippen MR) is 150 cm³/mol. The van der Waals surface area contributed by atoms with Crippen LogP contribution < -0.4 is 20.7 Å². The maximum atomic E-state index is 15.0. The molecule has 1 unspecified atom stereocenters. The number of pyridine rings is 1. The number of aryl methyl sites for hydroxylation is 2. The van der Waals surface area contributed by atoms with E-state index >= 15 is 0 Å². The van der Waals surface area contributed by atoms with Crippen LogP contribution in [0.3, 0.4) is 0 Å². The molecule has 10 heteroatoms. The molecule has 2 aromatic carbocycles. The van der Waals surface area contributed by atoms with Gasteiger partial charge in [0.1, 0.15) is 11.6 Å². The quantitative estimate of drug-likeness (QED) is 0.254. The average molecular weight is 525 g/mol. The van der Waals surface area contributed by atoms with E-state index in [-0.39, 0.29) is 11.9 Å². The summed E-state index contributed by atoms with van der Waals surface area (Å²) in [5.74, 6) is 1.74. The first-order chi connectivity index (χ1) is 19.0. The SMILES string of the molecule is Cc1ccc2c(Nc3ccn(C)n3)c(F)ccc2c1Oc1ncccc1-c1ccnc(NC2CCCNC2)n1. The van der Waals surface area contributed by atoms with Gasteiger partial charge < -0.3 is 20.7 Å². The summed E-state index contributed by atoms with van der Waals surface area (Å²) in [7, 11) is 1.81. The second kappa shape index (κ2) is 10.7. The van der Waals surface area contributed by atoms with Crippen molar-refractivity contribution in [3.05, 3.63) is 78.5 Å². The Bertz CT molecular complexity index is 1630. The van der Waals surface area contributed by atoms with E-state index in [0.717, 1.165) is 42.4 Å². The molecule has 3 N–H and O–H groups in total. The zero-order valence-corrected chi connectivity index (χ0v) is 21.8. The van der Waals surface area contributed by atoms with Crippen molar-refractivity contribution in [1.82, 2.24) is 30.0 Å². The molecular weight excluding hydrogens is 495 g/mol. The number of benzene rings is 2. The molecule has 3 aromatic heterocycles. The Morgan fingerprint density at radius 2 is 1.95 bits per heavy atom. The Labute approximate surface area is 225 Å². The summed E-state index contributed by atoms with van der Waals surface area (Å²) in [6.07, 6.45) is 7.40. The maximum absolute atomic E-state index is 15.0. The van der Waals surface area contributed by atoms with Gasteiger partial charge in [0.15, 0.2) is 5.82 Å². The van der Waals surface area contributed by atoms with Crippen molar-refractivity contribution in [3.63, 3.8) is 0 Å². The fourth-order valence-electron chi connectivity index (χ4n) is 4.83. The van der Waals surface area contributed by atoms with E-state index in [4.69, 9.17) is 9.72 Å². The number of hydrogen-bond donors (Lipinski definition) is 3. The van der Waals surface area contributed by atoms with Crippen LogP contribution in [0.25, 0.3) is 22.0 Å². The summed E-state index contributed by atoms with van der Waals surface area (Å²) in [5, 5.41) is 15.7. The Kier molecular flexibility index (Phi) is 6.76. The van der Waals surface area contributed by atoms with Crippen LogP contribution in [0.4, 0.5) is 21.8 Å². The first kappa shape index (κ1) is 24.7. The van der Waals surface area contributed by atoms with Gasteiger partial charge in [-0.25, -0.2) is 19.3 Å². The maximum Gasteiger partial charge on any atom is 0.228 e.